The number of carbonyl (C=O) groups is 1. The van der Waals surface area contributed by atoms with Crippen molar-refractivity contribution in [3.05, 3.63) is 21.9 Å². The van der Waals surface area contributed by atoms with Gasteiger partial charge in [-0.1, -0.05) is 0 Å². The maximum absolute atomic E-state index is 12.6. The summed E-state index contributed by atoms with van der Waals surface area (Å²) in [6, 6.07) is 2.05. The number of nitrogens with zero attached hydrogens (tertiary/aromatic N) is 2. The molecule has 2 fully saturated rings. The van der Waals surface area contributed by atoms with Crippen LogP contribution in [0.1, 0.15) is 47.3 Å². The lowest BCUT2D eigenvalue weighted by Crippen LogP contribution is -2.32. The number of thiophene rings is 1. The number of amides is 1. The Hall–Kier alpha value is -0.870. The van der Waals surface area contributed by atoms with Crippen molar-refractivity contribution in [2.75, 3.05) is 32.7 Å². The van der Waals surface area contributed by atoms with E-state index >= 15 is 0 Å². The topological polar surface area (TPSA) is 23.6 Å². The van der Waals surface area contributed by atoms with Crippen molar-refractivity contribution < 1.29 is 4.79 Å². The van der Waals surface area contributed by atoms with E-state index in [0.29, 0.717) is 0 Å². The molecule has 116 valence electrons. The second-order valence-corrected chi connectivity index (χ2v) is 7.45. The molecule has 3 nitrogen and oxygen atoms in total. The van der Waals surface area contributed by atoms with Crippen LogP contribution in [0.15, 0.2) is 11.4 Å². The van der Waals surface area contributed by atoms with E-state index in [0.717, 1.165) is 35.9 Å². The van der Waals surface area contributed by atoms with Crippen LogP contribution in [0.5, 0.6) is 0 Å². The molecule has 3 rings (SSSR count). The highest BCUT2D eigenvalue weighted by atomic mass is 32.1. The number of hydrogen-bond donors (Lipinski definition) is 0. The minimum atomic E-state index is 0.254. The molecule has 3 heterocycles. The molecule has 2 saturated heterocycles. The van der Waals surface area contributed by atoms with Gasteiger partial charge in [-0.3, -0.25) is 4.79 Å². The van der Waals surface area contributed by atoms with Crippen LogP contribution in [0.3, 0.4) is 0 Å². The van der Waals surface area contributed by atoms with Crippen LogP contribution in [0.2, 0.25) is 0 Å². The fourth-order valence-electron chi connectivity index (χ4n) is 3.62. The largest absolute Gasteiger partial charge is 0.338 e. The van der Waals surface area contributed by atoms with Gasteiger partial charge in [-0.05, 0) is 75.0 Å². The van der Waals surface area contributed by atoms with Crippen molar-refractivity contribution in [1.82, 2.24) is 9.80 Å². The fraction of sp³-hybridized carbons (Fsp3) is 0.706. The summed E-state index contributed by atoms with van der Waals surface area (Å²) >= 11 is 1.59. The van der Waals surface area contributed by atoms with E-state index in [1.54, 1.807) is 11.3 Å². The van der Waals surface area contributed by atoms with Crippen molar-refractivity contribution in [2.45, 2.75) is 39.0 Å². The van der Waals surface area contributed by atoms with Crippen LogP contribution in [0.4, 0.5) is 0 Å². The highest BCUT2D eigenvalue weighted by molar-refractivity contribution is 7.12. The van der Waals surface area contributed by atoms with Gasteiger partial charge in [-0.25, -0.2) is 0 Å². The van der Waals surface area contributed by atoms with Gasteiger partial charge in [0, 0.05) is 19.6 Å². The second kappa shape index (κ2) is 6.93. The molecule has 0 radical (unpaired) electrons. The summed E-state index contributed by atoms with van der Waals surface area (Å²) < 4.78 is 0. The van der Waals surface area contributed by atoms with E-state index in [2.05, 4.69) is 9.80 Å². The molecule has 0 bridgehead atoms. The molecular formula is C17H26N2OS. The quantitative estimate of drug-likeness (QED) is 0.854. The third kappa shape index (κ3) is 3.67. The molecule has 1 amide bonds. The summed E-state index contributed by atoms with van der Waals surface area (Å²) in [7, 11) is 0. The molecule has 21 heavy (non-hydrogen) atoms. The molecule has 0 aromatic carbocycles. The van der Waals surface area contributed by atoms with Crippen LogP contribution in [-0.4, -0.2) is 48.4 Å². The Morgan fingerprint density at radius 3 is 2.71 bits per heavy atom. The summed E-state index contributed by atoms with van der Waals surface area (Å²) in [5, 5.41) is 2.02. The minimum Gasteiger partial charge on any atom is -0.338 e. The first-order chi connectivity index (χ1) is 10.2. The third-order valence-corrected chi connectivity index (χ3v) is 5.91. The summed E-state index contributed by atoms with van der Waals surface area (Å²) in [5.41, 5.74) is 1.13. The first kappa shape index (κ1) is 15.0. The van der Waals surface area contributed by atoms with Crippen LogP contribution in [0, 0.1) is 12.8 Å². The SMILES string of the molecule is Cc1ccsc1C(=O)N1CCCC(CN2CCCC2)CC1. The summed E-state index contributed by atoms with van der Waals surface area (Å²) in [4.78, 5) is 18.3. The predicted octanol–water partition coefficient (Wildman–Crippen LogP) is 3.39. The zero-order chi connectivity index (χ0) is 14.7. The first-order valence-electron chi connectivity index (χ1n) is 8.30. The lowest BCUT2D eigenvalue weighted by molar-refractivity contribution is 0.0763. The zero-order valence-electron chi connectivity index (χ0n) is 13.0. The number of aryl methyl sites for hydroxylation is 1. The van der Waals surface area contributed by atoms with Gasteiger partial charge in [0.2, 0.25) is 0 Å². The maximum Gasteiger partial charge on any atom is 0.264 e. The molecule has 2 aliphatic rings. The zero-order valence-corrected chi connectivity index (χ0v) is 13.8. The molecule has 0 saturated carbocycles. The van der Waals surface area contributed by atoms with Gasteiger partial charge in [0.1, 0.15) is 0 Å². The number of likely N-dealkylation sites (tertiary alicyclic amines) is 2. The third-order valence-electron chi connectivity index (χ3n) is 4.91. The van der Waals surface area contributed by atoms with Crippen molar-refractivity contribution in [1.29, 1.82) is 0 Å². The molecule has 1 aromatic heterocycles. The minimum absolute atomic E-state index is 0.254. The standard InChI is InChI=1S/C17H26N2OS/c1-14-7-12-21-16(14)17(20)19-10-4-5-15(6-11-19)13-18-8-2-3-9-18/h7,12,15H,2-6,8-11,13H2,1H3. The summed E-state index contributed by atoms with van der Waals surface area (Å²) in [5.74, 6) is 1.04. The molecule has 1 unspecified atom stereocenters. The highest BCUT2D eigenvalue weighted by Gasteiger charge is 2.25. The van der Waals surface area contributed by atoms with Gasteiger partial charge in [0.15, 0.2) is 0 Å². The van der Waals surface area contributed by atoms with E-state index in [-0.39, 0.29) is 5.91 Å². The molecule has 0 N–H and O–H groups in total. The number of carbonyl (C=O) groups excluding carboxylic acids is 1. The molecular weight excluding hydrogens is 280 g/mol. The molecule has 4 heteroatoms. The smallest absolute Gasteiger partial charge is 0.264 e. The van der Waals surface area contributed by atoms with E-state index in [1.165, 1.54) is 45.3 Å². The molecule has 2 aliphatic heterocycles. The normalized spacial score (nSPS) is 24.2. The maximum atomic E-state index is 12.6. The summed E-state index contributed by atoms with van der Waals surface area (Å²) in [6.07, 6.45) is 6.36. The Bertz CT molecular complexity index is 479. The lowest BCUT2D eigenvalue weighted by Gasteiger charge is -2.23. The van der Waals surface area contributed by atoms with Crippen LogP contribution >= 0.6 is 11.3 Å². The van der Waals surface area contributed by atoms with Gasteiger partial charge in [-0.2, -0.15) is 0 Å². The second-order valence-electron chi connectivity index (χ2n) is 6.53. The fourth-order valence-corrected chi connectivity index (χ4v) is 4.51. The Balaban J connectivity index is 1.55. The summed E-state index contributed by atoms with van der Waals surface area (Å²) in [6.45, 7) is 7.74. The highest BCUT2D eigenvalue weighted by Crippen LogP contribution is 2.24. The van der Waals surface area contributed by atoms with Gasteiger partial charge >= 0.3 is 0 Å². The van der Waals surface area contributed by atoms with E-state index < -0.39 is 0 Å². The Kier molecular flexibility index (Phi) is 4.96. The van der Waals surface area contributed by atoms with Crippen molar-refractivity contribution in [3.63, 3.8) is 0 Å². The van der Waals surface area contributed by atoms with Crippen molar-refractivity contribution in [2.24, 2.45) is 5.92 Å². The van der Waals surface area contributed by atoms with Crippen LogP contribution < -0.4 is 0 Å². The molecule has 0 spiro atoms. The average Bonchev–Trinajstić information content (AvgIpc) is 3.07. The number of hydrogen-bond acceptors (Lipinski definition) is 3. The first-order valence-corrected chi connectivity index (χ1v) is 9.18. The Morgan fingerprint density at radius 2 is 2.00 bits per heavy atom. The Morgan fingerprint density at radius 1 is 1.19 bits per heavy atom. The van der Waals surface area contributed by atoms with E-state index in [1.807, 2.05) is 18.4 Å². The van der Waals surface area contributed by atoms with Crippen LogP contribution in [0.25, 0.3) is 0 Å². The van der Waals surface area contributed by atoms with E-state index in [4.69, 9.17) is 0 Å². The average molecular weight is 306 g/mol. The number of rotatable bonds is 3. The molecule has 0 aliphatic carbocycles. The molecule has 1 atom stereocenters. The monoisotopic (exact) mass is 306 g/mol. The predicted molar refractivity (Wildman–Crippen MR) is 88.0 cm³/mol. The van der Waals surface area contributed by atoms with Crippen LogP contribution in [-0.2, 0) is 0 Å². The van der Waals surface area contributed by atoms with Gasteiger partial charge < -0.3 is 9.80 Å². The Labute approximate surface area is 131 Å². The van der Waals surface area contributed by atoms with Crippen molar-refractivity contribution >= 4 is 17.2 Å². The molecule has 1 aromatic rings. The van der Waals surface area contributed by atoms with E-state index in [9.17, 15) is 4.79 Å². The lowest BCUT2D eigenvalue weighted by atomic mass is 10.0. The van der Waals surface area contributed by atoms with Gasteiger partial charge in [0.05, 0.1) is 4.88 Å². The van der Waals surface area contributed by atoms with Gasteiger partial charge in [0.25, 0.3) is 5.91 Å². The van der Waals surface area contributed by atoms with Gasteiger partial charge in [-0.15, -0.1) is 11.3 Å². The van der Waals surface area contributed by atoms with Crippen molar-refractivity contribution in [3.8, 4) is 0 Å².